The number of hydrogen-bond acceptors (Lipinski definition) is 2. The third kappa shape index (κ3) is 2.64. The van der Waals surface area contributed by atoms with E-state index >= 15 is 0 Å². The molecule has 4 nitrogen and oxygen atoms in total. The lowest BCUT2D eigenvalue weighted by atomic mass is 10.1. The van der Waals surface area contributed by atoms with Gasteiger partial charge in [0, 0.05) is 28.9 Å². The number of ether oxygens (including phenoxy) is 1. The molecule has 0 bridgehead atoms. The summed E-state index contributed by atoms with van der Waals surface area (Å²) < 4.78 is 6.07. The molecule has 5 heteroatoms. The Balaban J connectivity index is 1.89. The van der Waals surface area contributed by atoms with Crippen LogP contribution in [0.2, 0.25) is 0 Å². The first-order chi connectivity index (χ1) is 10.2. The highest BCUT2D eigenvalue weighted by molar-refractivity contribution is 9.10. The highest BCUT2D eigenvalue weighted by Crippen LogP contribution is 2.28. The first kappa shape index (κ1) is 13.7. The fourth-order valence-corrected chi connectivity index (χ4v) is 2.60. The van der Waals surface area contributed by atoms with Gasteiger partial charge in [-0.2, -0.15) is 0 Å². The Kier molecular flexibility index (Phi) is 3.66. The number of methoxy groups -OCH3 is 1. The summed E-state index contributed by atoms with van der Waals surface area (Å²) in [7, 11) is 1.59. The van der Waals surface area contributed by atoms with Crippen molar-refractivity contribution in [1.82, 2.24) is 4.98 Å². The van der Waals surface area contributed by atoms with E-state index in [4.69, 9.17) is 4.74 Å². The third-order valence-electron chi connectivity index (χ3n) is 3.24. The number of aromatic amines is 1. The first-order valence-corrected chi connectivity index (χ1v) is 7.19. The van der Waals surface area contributed by atoms with Crippen LogP contribution in [0.5, 0.6) is 5.75 Å². The topological polar surface area (TPSA) is 54.1 Å². The van der Waals surface area contributed by atoms with Crippen molar-refractivity contribution in [2.45, 2.75) is 0 Å². The summed E-state index contributed by atoms with van der Waals surface area (Å²) in [6.07, 6.45) is 1.72. The van der Waals surface area contributed by atoms with Crippen LogP contribution in [0.3, 0.4) is 0 Å². The Labute approximate surface area is 130 Å². The molecule has 0 aliphatic heterocycles. The number of hydrogen-bond donors (Lipinski definition) is 2. The summed E-state index contributed by atoms with van der Waals surface area (Å²) in [5.41, 5.74) is 2.24. The molecule has 1 amide bonds. The van der Waals surface area contributed by atoms with E-state index in [9.17, 15) is 4.79 Å². The zero-order valence-electron chi connectivity index (χ0n) is 11.3. The van der Waals surface area contributed by atoms with E-state index in [1.807, 2.05) is 36.4 Å². The number of H-pyrrole nitrogens is 1. The van der Waals surface area contributed by atoms with E-state index < -0.39 is 0 Å². The normalized spacial score (nSPS) is 10.6. The molecule has 0 radical (unpaired) electrons. The number of aromatic nitrogens is 1. The molecule has 1 heterocycles. The number of rotatable bonds is 3. The van der Waals surface area contributed by atoms with Crippen molar-refractivity contribution in [2.75, 3.05) is 12.4 Å². The molecular formula is C16H13BrN2O2. The maximum atomic E-state index is 12.4. The predicted octanol–water partition coefficient (Wildman–Crippen LogP) is 4.19. The standard InChI is InChI=1S/C16H13BrN2O2/c1-21-15-8-10(6-7-13(15)17)19-16(20)12-9-18-14-5-3-2-4-11(12)14/h2-9,18H,1H3,(H,19,20). The quantitative estimate of drug-likeness (QED) is 0.748. The van der Waals surface area contributed by atoms with Crippen LogP contribution in [-0.2, 0) is 0 Å². The smallest absolute Gasteiger partial charge is 0.257 e. The minimum atomic E-state index is -0.156. The fourth-order valence-electron chi connectivity index (χ4n) is 2.20. The number of anilines is 1. The predicted molar refractivity (Wildman–Crippen MR) is 86.9 cm³/mol. The number of para-hydroxylation sites is 1. The summed E-state index contributed by atoms with van der Waals surface area (Å²) in [5, 5.41) is 3.78. The molecule has 2 N–H and O–H groups in total. The lowest BCUT2D eigenvalue weighted by molar-refractivity contribution is 0.102. The molecule has 0 aliphatic rings. The lowest BCUT2D eigenvalue weighted by Gasteiger charge is -2.08. The van der Waals surface area contributed by atoms with Gasteiger partial charge in [-0.1, -0.05) is 18.2 Å². The van der Waals surface area contributed by atoms with Crippen LogP contribution in [0.4, 0.5) is 5.69 Å². The summed E-state index contributed by atoms with van der Waals surface area (Å²) in [5.74, 6) is 0.517. The fraction of sp³-hybridized carbons (Fsp3) is 0.0625. The Morgan fingerprint density at radius 2 is 2.05 bits per heavy atom. The summed E-state index contributed by atoms with van der Waals surface area (Å²) in [6, 6.07) is 13.1. The molecular weight excluding hydrogens is 332 g/mol. The van der Waals surface area contributed by atoms with E-state index in [1.165, 1.54) is 0 Å². The number of nitrogens with one attached hydrogen (secondary N) is 2. The Hall–Kier alpha value is -2.27. The molecule has 0 aliphatic carbocycles. The van der Waals surface area contributed by atoms with Crippen molar-refractivity contribution in [2.24, 2.45) is 0 Å². The SMILES string of the molecule is COc1cc(NC(=O)c2c[nH]c3ccccc23)ccc1Br. The Morgan fingerprint density at radius 1 is 1.24 bits per heavy atom. The number of carbonyl (C=O) groups is 1. The van der Waals surface area contributed by atoms with Gasteiger partial charge in [0.1, 0.15) is 5.75 Å². The van der Waals surface area contributed by atoms with E-state index in [0.29, 0.717) is 17.0 Å². The molecule has 0 atom stereocenters. The molecule has 0 unspecified atom stereocenters. The van der Waals surface area contributed by atoms with Crippen molar-refractivity contribution < 1.29 is 9.53 Å². The van der Waals surface area contributed by atoms with Gasteiger partial charge in [-0.3, -0.25) is 4.79 Å². The second-order valence-electron chi connectivity index (χ2n) is 4.55. The molecule has 0 saturated heterocycles. The van der Waals surface area contributed by atoms with Crippen molar-refractivity contribution in [1.29, 1.82) is 0 Å². The van der Waals surface area contributed by atoms with E-state index in [2.05, 4.69) is 26.2 Å². The van der Waals surface area contributed by atoms with Crippen LogP contribution in [0, 0.1) is 0 Å². The van der Waals surface area contributed by atoms with Crippen molar-refractivity contribution >= 4 is 38.4 Å². The van der Waals surface area contributed by atoms with Crippen LogP contribution < -0.4 is 10.1 Å². The number of amides is 1. The third-order valence-corrected chi connectivity index (χ3v) is 3.90. The molecule has 0 fully saturated rings. The Morgan fingerprint density at radius 3 is 2.86 bits per heavy atom. The van der Waals surface area contributed by atoms with Gasteiger partial charge in [-0.15, -0.1) is 0 Å². The van der Waals surface area contributed by atoms with Gasteiger partial charge in [0.05, 0.1) is 17.1 Å². The lowest BCUT2D eigenvalue weighted by Crippen LogP contribution is -2.11. The van der Waals surface area contributed by atoms with E-state index in [0.717, 1.165) is 15.4 Å². The maximum Gasteiger partial charge on any atom is 0.257 e. The van der Waals surface area contributed by atoms with Crippen molar-refractivity contribution in [3.8, 4) is 5.75 Å². The summed E-state index contributed by atoms with van der Waals surface area (Å²) in [4.78, 5) is 15.5. The number of halogens is 1. The monoisotopic (exact) mass is 344 g/mol. The average molecular weight is 345 g/mol. The van der Waals surface area contributed by atoms with Crippen molar-refractivity contribution in [3.63, 3.8) is 0 Å². The molecule has 2 aromatic carbocycles. The second kappa shape index (κ2) is 5.61. The number of fused-ring (bicyclic) bond motifs is 1. The highest BCUT2D eigenvalue weighted by Gasteiger charge is 2.12. The molecule has 3 aromatic rings. The van der Waals surface area contributed by atoms with Crippen LogP contribution in [0.1, 0.15) is 10.4 Å². The van der Waals surface area contributed by atoms with Crippen LogP contribution >= 0.6 is 15.9 Å². The molecule has 106 valence electrons. The van der Waals surface area contributed by atoms with Crippen molar-refractivity contribution in [3.05, 3.63) is 58.7 Å². The van der Waals surface area contributed by atoms with Gasteiger partial charge in [0.25, 0.3) is 5.91 Å². The number of carbonyl (C=O) groups excluding carboxylic acids is 1. The van der Waals surface area contributed by atoms with Gasteiger partial charge in [0.2, 0.25) is 0 Å². The van der Waals surface area contributed by atoms with Gasteiger partial charge < -0.3 is 15.0 Å². The highest BCUT2D eigenvalue weighted by atomic mass is 79.9. The number of benzene rings is 2. The molecule has 1 aromatic heterocycles. The van der Waals surface area contributed by atoms with Crippen LogP contribution in [0.25, 0.3) is 10.9 Å². The zero-order valence-corrected chi connectivity index (χ0v) is 12.9. The molecule has 21 heavy (non-hydrogen) atoms. The van der Waals surface area contributed by atoms with Crippen LogP contribution in [0.15, 0.2) is 53.1 Å². The zero-order chi connectivity index (χ0) is 14.8. The average Bonchev–Trinajstić information content (AvgIpc) is 2.93. The molecule has 0 spiro atoms. The van der Waals surface area contributed by atoms with Gasteiger partial charge in [-0.25, -0.2) is 0 Å². The van der Waals surface area contributed by atoms with Gasteiger partial charge >= 0.3 is 0 Å². The van der Waals surface area contributed by atoms with E-state index in [-0.39, 0.29) is 5.91 Å². The molecule has 3 rings (SSSR count). The molecule has 0 saturated carbocycles. The summed E-state index contributed by atoms with van der Waals surface area (Å²) >= 11 is 3.39. The summed E-state index contributed by atoms with van der Waals surface area (Å²) in [6.45, 7) is 0. The minimum absolute atomic E-state index is 0.156. The van der Waals surface area contributed by atoms with E-state index in [1.54, 1.807) is 19.4 Å². The minimum Gasteiger partial charge on any atom is -0.495 e. The largest absolute Gasteiger partial charge is 0.495 e. The second-order valence-corrected chi connectivity index (χ2v) is 5.41. The maximum absolute atomic E-state index is 12.4. The Bertz CT molecular complexity index is 811. The van der Waals surface area contributed by atoms with Gasteiger partial charge in [-0.05, 0) is 34.1 Å². The first-order valence-electron chi connectivity index (χ1n) is 6.40. The van der Waals surface area contributed by atoms with Crippen LogP contribution in [-0.4, -0.2) is 18.0 Å². The van der Waals surface area contributed by atoms with Gasteiger partial charge in [0.15, 0.2) is 0 Å².